The van der Waals surface area contributed by atoms with E-state index < -0.39 is 0 Å². The van der Waals surface area contributed by atoms with Crippen LogP contribution in [0.1, 0.15) is 0 Å². The van der Waals surface area contributed by atoms with E-state index in [9.17, 15) is 0 Å². The molecule has 9 aromatic rings. The molecule has 9 rings (SSSR count). The zero-order valence-corrected chi connectivity index (χ0v) is 25.5. The highest BCUT2D eigenvalue weighted by Crippen LogP contribution is 2.36. The molecule has 4 nitrogen and oxygen atoms in total. The number of pyridine rings is 3. The lowest BCUT2D eigenvalue weighted by molar-refractivity contribution is 1.22. The van der Waals surface area contributed by atoms with Gasteiger partial charge in [0.25, 0.3) is 0 Å². The van der Waals surface area contributed by atoms with Crippen molar-refractivity contribution in [1.29, 1.82) is 0 Å². The molecule has 0 saturated carbocycles. The minimum Gasteiger partial charge on any atom is -0.298 e. The number of para-hydroxylation sites is 1. The summed E-state index contributed by atoms with van der Waals surface area (Å²) in [6.45, 7) is 0. The maximum atomic E-state index is 5.18. The number of hydrogen-bond acceptors (Lipinski definition) is 3. The lowest BCUT2D eigenvalue weighted by Gasteiger charge is -2.12. The molecule has 0 fully saturated rings. The normalized spacial score (nSPS) is 11.4. The number of hydrogen-bond donors (Lipinski definition) is 0. The van der Waals surface area contributed by atoms with E-state index in [2.05, 4.69) is 132 Å². The van der Waals surface area contributed by atoms with Crippen molar-refractivity contribution >= 4 is 27.6 Å². The second-order valence-corrected chi connectivity index (χ2v) is 11.7. The fourth-order valence-corrected chi connectivity index (χ4v) is 6.47. The van der Waals surface area contributed by atoms with Gasteiger partial charge in [-0.3, -0.25) is 4.40 Å². The molecule has 0 radical (unpaired) electrons. The quantitative estimate of drug-likeness (QED) is 0.197. The molecule has 0 aliphatic carbocycles. The summed E-state index contributed by atoms with van der Waals surface area (Å²) in [4.78, 5) is 15.2. The van der Waals surface area contributed by atoms with E-state index in [4.69, 9.17) is 15.0 Å². The molecule has 0 unspecified atom stereocenters. The summed E-state index contributed by atoms with van der Waals surface area (Å²) >= 11 is 0. The summed E-state index contributed by atoms with van der Waals surface area (Å²) in [6.07, 6.45) is 2.07. The fourth-order valence-electron chi connectivity index (χ4n) is 6.47. The molecule has 47 heavy (non-hydrogen) atoms. The molecule has 0 atom stereocenters. The van der Waals surface area contributed by atoms with E-state index in [-0.39, 0.29) is 0 Å². The van der Waals surface area contributed by atoms with Crippen LogP contribution in [0.4, 0.5) is 0 Å². The Kier molecular flexibility index (Phi) is 6.43. The highest BCUT2D eigenvalue weighted by Gasteiger charge is 2.17. The highest BCUT2D eigenvalue weighted by molar-refractivity contribution is 6.09. The molecule has 4 heteroatoms. The topological polar surface area (TPSA) is 43.1 Å². The Bertz CT molecular complexity index is 2490. The van der Waals surface area contributed by atoms with Crippen LogP contribution in [0.3, 0.4) is 0 Å². The van der Waals surface area contributed by atoms with Crippen molar-refractivity contribution in [1.82, 2.24) is 19.4 Å². The third-order valence-corrected chi connectivity index (χ3v) is 8.80. The van der Waals surface area contributed by atoms with E-state index in [1.54, 1.807) is 0 Å². The molecule has 220 valence electrons. The molecule has 4 heterocycles. The summed E-state index contributed by atoms with van der Waals surface area (Å²) in [5.41, 5.74) is 14.5. The largest absolute Gasteiger partial charge is 0.298 e. The molecule has 0 bridgehead atoms. The van der Waals surface area contributed by atoms with Gasteiger partial charge in [-0.15, -0.1) is 0 Å². The smallest absolute Gasteiger partial charge is 0.137 e. The van der Waals surface area contributed by atoms with Crippen molar-refractivity contribution < 1.29 is 0 Å². The van der Waals surface area contributed by atoms with Gasteiger partial charge in [-0.2, -0.15) is 0 Å². The Balaban J connectivity index is 1.13. The monoisotopic (exact) mass is 600 g/mol. The number of rotatable bonds is 5. The number of benzene rings is 5. The molecular weight excluding hydrogens is 573 g/mol. The van der Waals surface area contributed by atoms with Crippen molar-refractivity contribution in [2.24, 2.45) is 0 Å². The van der Waals surface area contributed by atoms with Gasteiger partial charge in [0.2, 0.25) is 0 Å². The van der Waals surface area contributed by atoms with Gasteiger partial charge in [-0.1, -0.05) is 127 Å². The van der Waals surface area contributed by atoms with E-state index >= 15 is 0 Å². The summed E-state index contributed by atoms with van der Waals surface area (Å²) < 4.78 is 2.15. The van der Waals surface area contributed by atoms with Crippen molar-refractivity contribution in [2.45, 2.75) is 0 Å². The number of imidazole rings is 1. The molecule has 4 aromatic heterocycles. The van der Waals surface area contributed by atoms with Gasteiger partial charge in [0.1, 0.15) is 11.2 Å². The minimum absolute atomic E-state index is 0.913. The third-order valence-electron chi connectivity index (χ3n) is 8.80. The highest BCUT2D eigenvalue weighted by atomic mass is 15.0. The predicted octanol–water partition coefficient (Wildman–Crippen LogP) is 10.8. The molecule has 0 aliphatic rings. The maximum Gasteiger partial charge on any atom is 0.137 e. The Morgan fingerprint density at radius 2 is 0.979 bits per heavy atom. The molecule has 0 aliphatic heterocycles. The second kappa shape index (κ2) is 11.2. The van der Waals surface area contributed by atoms with Gasteiger partial charge < -0.3 is 0 Å². The van der Waals surface area contributed by atoms with E-state index in [0.717, 1.165) is 83.6 Å². The molecule has 0 amide bonds. The average molecular weight is 601 g/mol. The Morgan fingerprint density at radius 3 is 1.70 bits per heavy atom. The predicted molar refractivity (Wildman–Crippen MR) is 193 cm³/mol. The van der Waals surface area contributed by atoms with Gasteiger partial charge in [-0.25, -0.2) is 15.0 Å². The zero-order chi connectivity index (χ0) is 31.2. The van der Waals surface area contributed by atoms with Crippen molar-refractivity contribution in [3.05, 3.63) is 170 Å². The van der Waals surface area contributed by atoms with Gasteiger partial charge >= 0.3 is 0 Å². The van der Waals surface area contributed by atoms with Crippen molar-refractivity contribution in [3.8, 4) is 56.0 Å². The van der Waals surface area contributed by atoms with Crippen molar-refractivity contribution in [3.63, 3.8) is 0 Å². The van der Waals surface area contributed by atoms with Gasteiger partial charge in [0.05, 0.1) is 28.1 Å². The Labute approximate surface area is 272 Å². The SMILES string of the molecule is c1ccc(-c2cc(-c3ccc(-c4cccc(-c5nc6ccccc6c6nc7ccccn7c56)c4)cc3)cc(-c3ccccc3)n2)cc1. The first kappa shape index (κ1) is 27.0. The standard InChI is InChI=1S/C43H28N4/c1-3-12-31(13-4-1)38-27-35(28-39(44-38)32-14-5-2-6-15-32)30-23-21-29(22-24-30)33-16-11-17-34(26-33)41-43-42(36-18-7-8-19-37(36)45-41)46-40-20-9-10-25-47(40)43/h1-28H. The van der Waals surface area contributed by atoms with Gasteiger partial charge in [-0.05, 0) is 58.7 Å². The summed E-state index contributed by atoms with van der Waals surface area (Å²) in [7, 11) is 0. The maximum absolute atomic E-state index is 5.18. The van der Waals surface area contributed by atoms with Crippen LogP contribution < -0.4 is 0 Å². The van der Waals surface area contributed by atoms with E-state index in [1.165, 1.54) is 0 Å². The van der Waals surface area contributed by atoms with Crippen LogP contribution >= 0.6 is 0 Å². The van der Waals surface area contributed by atoms with Crippen molar-refractivity contribution in [2.75, 3.05) is 0 Å². The van der Waals surface area contributed by atoms with Crippen LogP contribution in [0.15, 0.2) is 170 Å². The lowest BCUT2D eigenvalue weighted by Crippen LogP contribution is -1.92. The average Bonchev–Trinajstić information content (AvgIpc) is 3.55. The molecule has 0 saturated heterocycles. The first-order valence-electron chi connectivity index (χ1n) is 15.8. The van der Waals surface area contributed by atoms with Gasteiger partial charge in [0.15, 0.2) is 0 Å². The Morgan fingerprint density at radius 1 is 0.383 bits per heavy atom. The summed E-state index contributed by atoms with van der Waals surface area (Å²) in [5.74, 6) is 0. The van der Waals surface area contributed by atoms with Crippen LogP contribution in [0.5, 0.6) is 0 Å². The van der Waals surface area contributed by atoms with Gasteiger partial charge in [0, 0.05) is 28.3 Å². The first-order valence-corrected chi connectivity index (χ1v) is 15.8. The zero-order valence-electron chi connectivity index (χ0n) is 25.5. The van der Waals surface area contributed by atoms with Crippen LogP contribution in [0.2, 0.25) is 0 Å². The molecule has 0 spiro atoms. The summed E-state index contributed by atoms with van der Waals surface area (Å²) in [5, 5.41) is 1.06. The molecule has 0 N–H and O–H groups in total. The summed E-state index contributed by atoms with van der Waals surface area (Å²) in [6, 6.07) is 57.0. The third kappa shape index (κ3) is 4.84. The molecular formula is C43H28N4. The lowest BCUT2D eigenvalue weighted by atomic mass is 9.96. The van der Waals surface area contributed by atoms with Crippen LogP contribution in [-0.4, -0.2) is 19.4 Å². The second-order valence-electron chi connectivity index (χ2n) is 11.7. The van der Waals surface area contributed by atoms with Crippen LogP contribution in [0, 0.1) is 0 Å². The number of nitrogens with zero attached hydrogens (tertiary/aromatic N) is 4. The van der Waals surface area contributed by atoms with E-state index in [0.29, 0.717) is 0 Å². The van der Waals surface area contributed by atoms with E-state index in [1.807, 2.05) is 42.5 Å². The minimum atomic E-state index is 0.913. The fraction of sp³-hybridized carbons (Fsp3) is 0. The first-order chi connectivity index (χ1) is 23.3. The van der Waals surface area contributed by atoms with Crippen LogP contribution in [0.25, 0.3) is 83.6 Å². The molecule has 5 aromatic carbocycles. The number of fused-ring (bicyclic) bond motifs is 5. The Hall–Kier alpha value is -6.39. The number of aromatic nitrogens is 4. The van der Waals surface area contributed by atoms with Crippen LogP contribution in [-0.2, 0) is 0 Å².